The largest absolute Gasteiger partial charge is 0.458 e. The molecular formula is C27H31BrN2O2. The molecule has 0 aromatic heterocycles. The topological polar surface area (TPSA) is 64.7 Å². The van der Waals surface area contributed by atoms with E-state index in [0.717, 1.165) is 22.4 Å². The van der Waals surface area contributed by atoms with Crippen LogP contribution in [0.25, 0.3) is 0 Å². The lowest BCUT2D eigenvalue weighted by Crippen LogP contribution is -2.32. The summed E-state index contributed by atoms with van der Waals surface area (Å²) >= 11 is 3.37. The number of nitrogens with zero attached hydrogens (tertiary/aromatic N) is 1. The van der Waals surface area contributed by atoms with Gasteiger partial charge in [0.25, 0.3) is 0 Å². The van der Waals surface area contributed by atoms with E-state index < -0.39 is 17.6 Å². The summed E-state index contributed by atoms with van der Waals surface area (Å²) in [6.45, 7) is 7.48. The van der Waals surface area contributed by atoms with Crippen LogP contribution in [-0.4, -0.2) is 23.3 Å². The Morgan fingerprint density at radius 3 is 2.00 bits per heavy atom. The molecule has 0 aliphatic rings. The van der Waals surface area contributed by atoms with E-state index in [9.17, 15) is 4.79 Å². The number of aliphatic imine (C=N–C) groups is 1. The second-order valence-corrected chi connectivity index (χ2v) is 9.08. The van der Waals surface area contributed by atoms with Crippen molar-refractivity contribution in [2.24, 2.45) is 10.7 Å². The minimum absolute atomic E-state index is 0.295. The van der Waals surface area contributed by atoms with Gasteiger partial charge in [0.2, 0.25) is 0 Å². The molecule has 2 aromatic carbocycles. The van der Waals surface area contributed by atoms with E-state index >= 15 is 0 Å². The number of hydrogen-bond donors (Lipinski definition) is 1. The molecule has 4 nitrogen and oxygen atoms in total. The number of rotatable bonds is 8. The number of hydrogen-bond acceptors (Lipinski definition) is 4. The van der Waals surface area contributed by atoms with E-state index in [1.165, 1.54) is 0 Å². The molecule has 0 bridgehead atoms. The third-order valence-electron chi connectivity index (χ3n) is 4.38. The highest BCUT2D eigenvalue weighted by Crippen LogP contribution is 2.22. The number of nitrogens with two attached hydrogens (primary N) is 1. The van der Waals surface area contributed by atoms with Gasteiger partial charge in [0.1, 0.15) is 5.60 Å². The zero-order valence-corrected chi connectivity index (χ0v) is 20.7. The van der Waals surface area contributed by atoms with Crippen molar-refractivity contribution in [1.29, 1.82) is 0 Å². The van der Waals surface area contributed by atoms with E-state index in [-0.39, 0.29) is 0 Å². The quantitative estimate of drug-likeness (QED) is 0.202. The van der Waals surface area contributed by atoms with Gasteiger partial charge in [0.15, 0.2) is 6.04 Å². The van der Waals surface area contributed by atoms with Crippen LogP contribution in [0.2, 0.25) is 0 Å². The summed E-state index contributed by atoms with van der Waals surface area (Å²) < 4.78 is 6.18. The molecule has 0 fully saturated rings. The van der Waals surface area contributed by atoms with Gasteiger partial charge in [-0.1, -0.05) is 85.0 Å². The predicted molar refractivity (Wildman–Crippen MR) is 137 cm³/mol. The maximum absolute atomic E-state index is 13.2. The fourth-order valence-corrected chi connectivity index (χ4v) is 3.25. The Bertz CT molecular complexity index is 955. The zero-order valence-electron chi connectivity index (χ0n) is 19.1. The number of carbonyl (C=O) groups is 1. The highest BCUT2D eigenvalue weighted by atomic mass is 79.9. The molecule has 0 radical (unpaired) electrons. The lowest BCUT2D eigenvalue weighted by atomic mass is 10.0. The monoisotopic (exact) mass is 494 g/mol. The Labute approximate surface area is 199 Å². The molecule has 0 aliphatic heterocycles. The van der Waals surface area contributed by atoms with Crippen LogP contribution in [0.5, 0.6) is 0 Å². The van der Waals surface area contributed by atoms with Gasteiger partial charge in [0.05, 0.1) is 10.3 Å². The summed E-state index contributed by atoms with van der Waals surface area (Å²) in [4.78, 5) is 18.1. The number of halogens is 1. The molecule has 0 amide bonds. The van der Waals surface area contributed by atoms with Crippen molar-refractivity contribution < 1.29 is 9.53 Å². The first-order chi connectivity index (χ1) is 15.2. The molecule has 0 heterocycles. The Morgan fingerprint density at radius 2 is 1.56 bits per heavy atom. The fourth-order valence-electron chi connectivity index (χ4n) is 2.95. The van der Waals surface area contributed by atoms with Crippen molar-refractivity contribution in [3.05, 3.63) is 106 Å². The Morgan fingerprint density at radius 1 is 1.03 bits per heavy atom. The first-order valence-corrected chi connectivity index (χ1v) is 11.4. The van der Waals surface area contributed by atoms with Crippen LogP contribution < -0.4 is 5.73 Å². The molecule has 2 aromatic rings. The second kappa shape index (κ2) is 12.2. The standard InChI is InChI=1S/C27H31BrN2O2/c1-5-6-9-18-22(25(28)29)19-23(26(31)32-27(2,3)4)30-24(20-14-10-7-11-15-20)21-16-12-8-13-17-21/h5-18,23H,19,29H2,1-4H3/b6-5+,18-9-,25-22+/t23-/m0/s1. The number of carbonyl (C=O) groups excluding carboxylic acids is 1. The lowest BCUT2D eigenvalue weighted by Gasteiger charge is -2.23. The van der Waals surface area contributed by atoms with Gasteiger partial charge in [-0.05, 0) is 49.2 Å². The summed E-state index contributed by atoms with van der Waals surface area (Å²) in [5.74, 6) is -0.396. The van der Waals surface area contributed by atoms with Crippen LogP contribution >= 0.6 is 15.9 Å². The predicted octanol–water partition coefficient (Wildman–Crippen LogP) is 6.32. The summed E-state index contributed by atoms with van der Waals surface area (Å²) in [6, 6.07) is 18.9. The van der Waals surface area contributed by atoms with Crippen LogP contribution in [0, 0.1) is 0 Å². The summed E-state index contributed by atoms with van der Waals surface area (Å²) in [5.41, 5.74) is 8.78. The van der Waals surface area contributed by atoms with Gasteiger partial charge >= 0.3 is 5.97 Å². The van der Waals surface area contributed by atoms with E-state index in [2.05, 4.69) is 15.9 Å². The maximum atomic E-state index is 13.2. The Hall–Kier alpha value is -2.92. The van der Waals surface area contributed by atoms with Crippen molar-refractivity contribution in [1.82, 2.24) is 0 Å². The molecule has 1 atom stereocenters. The van der Waals surface area contributed by atoms with Crippen molar-refractivity contribution in [3.63, 3.8) is 0 Å². The van der Waals surface area contributed by atoms with Gasteiger partial charge in [-0.15, -0.1) is 0 Å². The maximum Gasteiger partial charge on any atom is 0.331 e. The first-order valence-electron chi connectivity index (χ1n) is 10.6. The van der Waals surface area contributed by atoms with E-state index in [0.29, 0.717) is 11.0 Å². The number of ether oxygens (including phenoxy) is 1. The molecule has 5 heteroatoms. The van der Waals surface area contributed by atoms with E-state index in [4.69, 9.17) is 15.5 Å². The molecule has 168 valence electrons. The molecule has 2 N–H and O–H groups in total. The summed E-state index contributed by atoms with van der Waals surface area (Å²) in [5, 5.41) is 0. The average Bonchev–Trinajstić information content (AvgIpc) is 2.75. The molecular weight excluding hydrogens is 464 g/mol. The normalized spacial score (nSPS) is 13.7. The smallest absolute Gasteiger partial charge is 0.331 e. The summed E-state index contributed by atoms with van der Waals surface area (Å²) in [6.07, 6.45) is 7.88. The fraction of sp³-hybridized carbons (Fsp3) is 0.259. The van der Waals surface area contributed by atoms with Crippen LogP contribution in [0.4, 0.5) is 0 Å². The minimum atomic E-state index is -0.772. The van der Waals surface area contributed by atoms with Crippen molar-refractivity contribution in [2.75, 3.05) is 0 Å². The zero-order chi connectivity index (χ0) is 23.6. The highest BCUT2D eigenvalue weighted by Gasteiger charge is 2.27. The molecule has 0 spiro atoms. The van der Waals surface area contributed by atoms with E-state index in [1.54, 1.807) is 0 Å². The first kappa shape index (κ1) is 25.3. The molecule has 2 rings (SSSR count). The van der Waals surface area contributed by atoms with Crippen molar-refractivity contribution >= 4 is 27.6 Å². The van der Waals surface area contributed by atoms with Gasteiger partial charge in [-0.3, -0.25) is 4.99 Å². The molecule has 0 unspecified atom stereocenters. The average molecular weight is 495 g/mol. The summed E-state index contributed by atoms with van der Waals surface area (Å²) in [7, 11) is 0. The SMILES string of the molecule is C/C=C/C=C\C(C[C@H](N=C(c1ccccc1)c1ccccc1)C(=O)OC(C)(C)C)=C(/N)Br. The highest BCUT2D eigenvalue weighted by molar-refractivity contribution is 9.11. The van der Waals surface area contributed by atoms with Crippen LogP contribution in [-0.2, 0) is 9.53 Å². The number of allylic oxidation sites excluding steroid dienone is 4. The number of esters is 1. The lowest BCUT2D eigenvalue weighted by molar-refractivity contribution is -0.156. The van der Waals surface area contributed by atoms with Gasteiger partial charge in [-0.25, -0.2) is 4.79 Å². The molecule has 0 saturated carbocycles. The second-order valence-electron chi connectivity index (χ2n) is 8.22. The third kappa shape index (κ3) is 8.31. The minimum Gasteiger partial charge on any atom is -0.458 e. The van der Waals surface area contributed by atoms with Crippen LogP contribution in [0.15, 0.2) is 100 Å². The van der Waals surface area contributed by atoms with Crippen LogP contribution in [0.1, 0.15) is 45.2 Å². The van der Waals surface area contributed by atoms with Crippen molar-refractivity contribution in [2.45, 2.75) is 45.8 Å². The van der Waals surface area contributed by atoms with Gasteiger partial charge in [-0.2, -0.15) is 0 Å². The Balaban J connectivity index is 2.58. The number of benzene rings is 2. The molecule has 0 aliphatic carbocycles. The van der Waals surface area contributed by atoms with Crippen molar-refractivity contribution in [3.8, 4) is 0 Å². The third-order valence-corrected chi connectivity index (χ3v) is 4.89. The van der Waals surface area contributed by atoms with E-state index in [1.807, 2.05) is 113 Å². The molecule has 0 saturated heterocycles. The Kier molecular flexibility index (Phi) is 9.66. The molecule has 32 heavy (non-hydrogen) atoms. The van der Waals surface area contributed by atoms with Crippen LogP contribution in [0.3, 0.4) is 0 Å². The van der Waals surface area contributed by atoms with Gasteiger partial charge < -0.3 is 10.5 Å². The van der Waals surface area contributed by atoms with Gasteiger partial charge in [0, 0.05) is 17.5 Å².